The average molecular weight is 417 g/mol. The summed E-state index contributed by atoms with van der Waals surface area (Å²) in [7, 11) is 1.64. The highest BCUT2D eigenvalue weighted by Gasteiger charge is 2.34. The Bertz CT molecular complexity index is 1070. The molecular formula is C25H28N4O2. The molecule has 31 heavy (non-hydrogen) atoms. The van der Waals surface area contributed by atoms with E-state index in [9.17, 15) is 4.79 Å². The Balaban J connectivity index is 1.48. The number of methoxy groups -OCH3 is 1. The summed E-state index contributed by atoms with van der Waals surface area (Å²) in [6.45, 7) is 3.89. The molecule has 2 N–H and O–H groups in total. The molecule has 0 bridgehead atoms. The van der Waals surface area contributed by atoms with Crippen LogP contribution in [-0.2, 0) is 4.79 Å². The molecule has 1 fully saturated rings. The van der Waals surface area contributed by atoms with Crippen molar-refractivity contribution in [2.45, 2.75) is 12.8 Å². The number of carbonyl (C=O) groups excluding carboxylic acids is 1. The van der Waals surface area contributed by atoms with Gasteiger partial charge in [-0.1, -0.05) is 36.4 Å². The number of nitrogens with two attached hydrogens (primary N) is 1. The Morgan fingerprint density at radius 1 is 1.23 bits per heavy atom. The number of imidazole rings is 1. The Morgan fingerprint density at radius 3 is 2.71 bits per heavy atom. The Hall–Kier alpha value is -3.38. The standard InChI is InChI=1S/C25H28N4O2/c1-18-14-29(17-27-18)23-10-8-19(12-24(23)31-2)9-11-25(30)28-15-21(13-26)22(16-28)20-6-4-3-5-7-20/h3-12,14,17,21-22H,13,15-16,26H2,1-2H3/b11-9+/t21?,22-/m0/s1. The highest BCUT2D eigenvalue weighted by Crippen LogP contribution is 2.32. The largest absolute Gasteiger partial charge is 0.495 e. The fraction of sp³-hybridized carbons (Fsp3) is 0.280. The van der Waals surface area contributed by atoms with Crippen LogP contribution in [0.25, 0.3) is 11.8 Å². The van der Waals surface area contributed by atoms with Crippen LogP contribution in [0.2, 0.25) is 0 Å². The van der Waals surface area contributed by atoms with Crippen LogP contribution in [0.3, 0.4) is 0 Å². The van der Waals surface area contributed by atoms with E-state index in [0.717, 1.165) is 22.7 Å². The number of aromatic nitrogens is 2. The number of hydrogen-bond donors (Lipinski definition) is 1. The molecule has 2 atom stereocenters. The minimum absolute atomic E-state index is 0.00478. The van der Waals surface area contributed by atoms with E-state index >= 15 is 0 Å². The van der Waals surface area contributed by atoms with Crippen LogP contribution < -0.4 is 10.5 Å². The number of carbonyl (C=O) groups is 1. The van der Waals surface area contributed by atoms with Gasteiger partial charge in [0.25, 0.3) is 0 Å². The fourth-order valence-electron chi connectivity index (χ4n) is 4.20. The molecule has 0 saturated carbocycles. The maximum absolute atomic E-state index is 12.9. The number of aryl methyl sites for hydroxylation is 1. The second-order valence-corrected chi connectivity index (χ2v) is 7.94. The van der Waals surface area contributed by atoms with Gasteiger partial charge in [0.05, 0.1) is 24.8 Å². The van der Waals surface area contributed by atoms with Crippen LogP contribution in [0.5, 0.6) is 5.75 Å². The smallest absolute Gasteiger partial charge is 0.246 e. The summed E-state index contributed by atoms with van der Waals surface area (Å²) in [5.74, 6) is 1.28. The van der Waals surface area contributed by atoms with E-state index in [-0.39, 0.29) is 17.7 Å². The van der Waals surface area contributed by atoms with Crippen LogP contribution in [0.15, 0.2) is 67.1 Å². The summed E-state index contributed by atoms with van der Waals surface area (Å²) in [6.07, 6.45) is 7.18. The quantitative estimate of drug-likeness (QED) is 0.625. The van der Waals surface area contributed by atoms with Gasteiger partial charge in [0, 0.05) is 31.3 Å². The van der Waals surface area contributed by atoms with Gasteiger partial charge in [-0.05, 0) is 48.7 Å². The predicted octanol–water partition coefficient (Wildman–Crippen LogP) is 3.40. The lowest BCUT2D eigenvalue weighted by Crippen LogP contribution is -2.28. The fourth-order valence-corrected chi connectivity index (χ4v) is 4.20. The van der Waals surface area contributed by atoms with E-state index in [1.54, 1.807) is 19.5 Å². The van der Waals surface area contributed by atoms with Gasteiger partial charge in [0.2, 0.25) is 5.91 Å². The molecule has 6 nitrogen and oxygen atoms in total. The van der Waals surface area contributed by atoms with Crippen molar-refractivity contribution >= 4 is 12.0 Å². The molecule has 1 aliphatic rings. The zero-order chi connectivity index (χ0) is 21.8. The lowest BCUT2D eigenvalue weighted by atomic mass is 9.89. The summed E-state index contributed by atoms with van der Waals surface area (Å²) < 4.78 is 7.48. The lowest BCUT2D eigenvalue weighted by Gasteiger charge is -2.16. The summed E-state index contributed by atoms with van der Waals surface area (Å²) in [5.41, 5.74) is 10.00. The first-order chi connectivity index (χ1) is 15.1. The summed E-state index contributed by atoms with van der Waals surface area (Å²) in [4.78, 5) is 19.0. The molecule has 4 rings (SSSR count). The van der Waals surface area contributed by atoms with E-state index in [4.69, 9.17) is 10.5 Å². The topological polar surface area (TPSA) is 73.4 Å². The van der Waals surface area contributed by atoms with Gasteiger partial charge >= 0.3 is 0 Å². The third kappa shape index (κ3) is 4.54. The van der Waals surface area contributed by atoms with Crippen LogP contribution in [-0.4, -0.2) is 47.1 Å². The third-order valence-corrected chi connectivity index (χ3v) is 5.90. The van der Waals surface area contributed by atoms with E-state index in [0.29, 0.717) is 19.6 Å². The van der Waals surface area contributed by atoms with Crippen LogP contribution in [0.4, 0.5) is 0 Å². The number of likely N-dealkylation sites (tertiary alicyclic amines) is 1. The number of amides is 1. The summed E-state index contributed by atoms with van der Waals surface area (Å²) in [6, 6.07) is 16.2. The molecule has 2 heterocycles. The monoisotopic (exact) mass is 416 g/mol. The van der Waals surface area contributed by atoms with Crippen LogP contribution in [0.1, 0.15) is 22.7 Å². The Labute approximate surface area is 183 Å². The lowest BCUT2D eigenvalue weighted by molar-refractivity contribution is -0.125. The molecule has 1 saturated heterocycles. The molecule has 6 heteroatoms. The van der Waals surface area contributed by atoms with E-state index in [1.165, 1.54) is 5.56 Å². The summed E-state index contributed by atoms with van der Waals surface area (Å²) in [5, 5.41) is 0. The minimum Gasteiger partial charge on any atom is -0.495 e. The summed E-state index contributed by atoms with van der Waals surface area (Å²) >= 11 is 0. The molecule has 1 aromatic heterocycles. The molecule has 0 aliphatic carbocycles. The van der Waals surface area contributed by atoms with Gasteiger partial charge in [0.15, 0.2) is 0 Å². The first-order valence-electron chi connectivity index (χ1n) is 10.5. The van der Waals surface area contributed by atoms with Crippen molar-refractivity contribution in [2.75, 3.05) is 26.7 Å². The first kappa shape index (κ1) is 20.9. The van der Waals surface area contributed by atoms with Crippen LogP contribution in [0, 0.1) is 12.8 Å². The third-order valence-electron chi connectivity index (χ3n) is 5.90. The van der Waals surface area contributed by atoms with Crippen molar-refractivity contribution < 1.29 is 9.53 Å². The molecular weight excluding hydrogens is 388 g/mol. The van der Waals surface area contributed by atoms with E-state index < -0.39 is 0 Å². The highest BCUT2D eigenvalue weighted by molar-refractivity contribution is 5.92. The zero-order valence-electron chi connectivity index (χ0n) is 17.9. The number of nitrogens with zero attached hydrogens (tertiary/aromatic N) is 3. The highest BCUT2D eigenvalue weighted by atomic mass is 16.5. The maximum Gasteiger partial charge on any atom is 0.246 e. The van der Waals surface area contributed by atoms with E-state index in [2.05, 4.69) is 17.1 Å². The SMILES string of the molecule is COc1cc(/C=C/C(=O)N2CC(CN)[C@H](c3ccccc3)C2)ccc1-n1cnc(C)c1. The van der Waals surface area contributed by atoms with Crippen molar-refractivity contribution in [3.8, 4) is 11.4 Å². The molecule has 1 amide bonds. The Kier molecular flexibility index (Phi) is 6.18. The molecule has 1 aliphatic heterocycles. The number of benzene rings is 2. The van der Waals surface area contributed by atoms with E-state index in [1.807, 2.05) is 65.1 Å². The van der Waals surface area contributed by atoms with Gasteiger partial charge in [-0.25, -0.2) is 4.98 Å². The van der Waals surface area contributed by atoms with Gasteiger partial charge < -0.3 is 19.9 Å². The average Bonchev–Trinajstić information content (AvgIpc) is 3.44. The molecule has 0 radical (unpaired) electrons. The molecule has 0 spiro atoms. The molecule has 2 aromatic carbocycles. The molecule has 3 aromatic rings. The normalized spacial score (nSPS) is 18.6. The molecule has 160 valence electrons. The van der Waals surface area contributed by atoms with Crippen molar-refractivity contribution in [2.24, 2.45) is 11.7 Å². The van der Waals surface area contributed by atoms with Crippen molar-refractivity contribution in [3.05, 3.63) is 84.0 Å². The molecule has 1 unspecified atom stereocenters. The van der Waals surface area contributed by atoms with Gasteiger partial charge in [-0.2, -0.15) is 0 Å². The van der Waals surface area contributed by atoms with Gasteiger partial charge in [0.1, 0.15) is 5.75 Å². The number of hydrogen-bond acceptors (Lipinski definition) is 4. The van der Waals surface area contributed by atoms with Crippen LogP contribution >= 0.6 is 0 Å². The minimum atomic E-state index is 0.00478. The maximum atomic E-state index is 12.9. The van der Waals surface area contributed by atoms with Crippen molar-refractivity contribution in [1.82, 2.24) is 14.5 Å². The predicted molar refractivity (Wildman–Crippen MR) is 122 cm³/mol. The number of rotatable bonds is 6. The Morgan fingerprint density at radius 2 is 2.03 bits per heavy atom. The van der Waals surface area contributed by atoms with Gasteiger partial charge in [-0.3, -0.25) is 4.79 Å². The number of ether oxygens (including phenoxy) is 1. The first-order valence-corrected chi connectivity index (χ1v) is 10.5. The van der Waals surface area contributed by atoms with Gasteiger partial charge in [-0.15, -0.1) is 0 Å². The van der Waals surface area contributed by atoms with Crippen molar-refractivity contribution in [1.29, 1.82) is 0 Å². The second kappa shape index (κ2) is 9.18. The van der Waals surface area contributed by atoms with Crippen molar-refractivity contribution in [3.63, 3.8) is 0 Å². The second-order valence-electron chi connectivity index (χ2n) is 7.94. The zero-order valence-corrected chi connectivity index (χ0v) is 17.9.